The van der Waals surface area contributed by atoms with Crippen LogP contribution in [0.4, 0.5) is 4.79 Å². The van der Waals surface area contributed by atoms with Crippen LogP contribution in [0.2, 0.25) is 0 Å². The topological polar surface area (TPSA) is 174 Å². The lowest BCUT2D eigenvalue weighted by molar-refractivity contribution is -0.158. The number of benzene rings is 1. The molecule has 3 rings (SSSR count). The van der Waals surface area contributed by atoms with Gasteiger partial charge in [-0.3, -0.25) is 9.59 Å². The summed E-state index contributed by atoms with van der Waals surface area (Å²) >= 11 is 0. The molecule has 0 bridgehead atoms. The van der Waals surface area contributed by atoms with E-state index in [1.807, 2.05) is 6.07 Å². The minimum Gasteiger partial charge on any atom is -0.390 e. The Morgan fingerprint density at radius 2 is 1.70 bits per heavy atom. The van der Waals surface area contributed by atoms with Gasteiger partial charge in [-0.05, 0) is 18.4 Å². The van der Waals surface area contributed by atoms with E-state index < -0.39 is 54.2 Å². The second-order valence-corrected chi connectivity index (χ2v) is 9.18. The predicted octanol–water partition coefficient (Wildman–Crippen LogP) is -0.554. The van der Waals surface area contributed by atoms with Crippen molar-refractivity contribution in [3.05, 3.63) is 35.9 Å². The van der Waals surface area contributed by atoms with E-state index >= 15 is 0 Å². The molecule has 182 valence electrons. The Morgan fingerprint density at radius 1 is 1.03 bits per heavy atom. The molecule has 0 spiro atoms. The van der Waals surface area contributed by atoms with Crippen LogP contribution in [0.15, 0.2) is 30.3 Å². The van der Waals surface area contributed by atoms with Gasteiger partial charge < -0.3 is 37.0 Å². The van der Waals surface area contributed by atoms with Crippen LogP contribution < -0.4 is 21.7 Å². The highest BCUT2D eigenvalue weighted by molar-refractivity contribution is 5.91. The molecule has 5 unspecified atom stereocenters. The summed E-state index contributed by atoms with van der Waals surface area (Å²) in [5, 5.41) is 39.6. The quantitative estimate of drug-likeness (QED) is 0.286. The molecule has 1 aromatic rings. The number of aliphatic hydroxyl groups is 3. The smallest absolute Gasteiger partial charge is 0.315 e. The average molecular weight is 463 g/mol. The van der Waals surface area contributed by atoms with E-state index in [2.05, 4.69) is 16.0 Å². The number of aliphatic hydroxyl groups excluding tert-OH is 2. The second kappa shape index (κ2) is 11.0. The fourth-order valence-electron chi connectivity index (χ4n) is 4.63. The minimum absolute atomic E-state index is 0.0286. The molecule has 1 aromatic carbocycles. The van der Waals surface area contributed by atoms with Crippen LogP contribution in [0.3, 0.4) is 0 Å². The monoisotopic (exact) mass is 462 g/mol. The van der Waals surface area contributed by atoms with Crippen LogP contribution in [0.1, 0.15) is 50.5 Å². The zero-order valence-corrected chi connectivity index (χ0v) is 18.6. The van der Waals surface area contributed by atoms with Gasteiger partial charge in [0.1, 0.15) is 17.7 Å². The van der Waals surface area contributed by atoms with E-state index in [-0.39, 0.29) is 18.9 Å². The van der Waals surface area contributed by atoms with Crippen molar-refractivity contribution in [2.24, 2.45) is 5.73 Å². The van der Waals surface area contributed by atoms with Crippen molar-refractivity contribution in [3.63, 3.8) is 0 Å². The van der Waals surface area contributed by atoms with Crippen LogP contribution in [-0.2, 0) is 16.0 Å². The number of hydrogen-bond acceptors (Lipinski definition) is 6. The standard InChI is InChI=1S/C23H34N4O6/c24-20(30)16(11-14-7-3-1-4-8-14)26-21(31)23(33)12-17(19(29)18(28)13-23)27-22(32)25-15-9-5-2-6-10-15/h1,3-4,7-8,15-19,28-29,33H,2,5-6,9-13H2,(H2,24,30)(H,26,31)(H2,25,27,32). The molecular weight excluding hydrogens is 428 g/mol. The Bertz CT molecular complexity index is 832. The number of urea groups is 1. The molecule has 2 aliphatic rings. The van der Waals surface area contributed by atoms with Gasteiger partial charge in [-0.2, -0.15) is 0 Å². The molecule has 8 N–H and O–H groups in total. The van der Waals surface area contributed by atoms with Crippen molar-refractivity contribution in [1.29, 1.82) is 0 Å². The van der Waals surface area contributed by atoms with Crippen molar-refractivity contribution in [2.45, 2.75) is 87.3 Å². The fraction of sp³-hybridized carbons (Fsp3) is 0.609. The first-order chi connectivity index (χ1) is 15.7. The number of primary amides is 1. The van der Waals surface area contributed by atoms with E-state index in [1.54, 1.807) is 24.3 Å². The van der Waals surface area contributed by atoms with E-state index in [9.17, 15) is 29.7 Å². The van der Waals surface area contributed by atoms with Crippen LogP contribution in [0.5, 0.6) is 0 Å². The molecular formula is C23H34N4O6. The van der Waals surface area contributed by atoms with E-state index in [0.29, 0.717) is 0 Å². The summed E-state index contributed by atoms with van der Waals surface area (Å²) in [4.78, 5) is 37.3. The lowest BCUT2D eigenvalue weighted by Crippen LogP contribution is -2.65. The predicted molar refractivity (Wildman–Crippen MR) is 120 cm³/mol. The summed E-state index contributed by atoms with van der Waals surface area (Å²) in [5.74, 6) is -1.67. The van der Waals surface area contributed by atoms with Gasteiger partial charge in [0.25, 0.3) is 5.91 Å². The lowest BCUT2D eigenvalue weighted by atomic mass is 9.77. The Labute approximate surface area is 192 Å². The molecule has 4 amide bonds. The molecule has 10 heteroatoms. The number of carbonyl (C=O) groups excluding carboxylic acids is 3. The van der Waals surface area contributed by atoms with Gasteiger partial charge in [0.05, 0.1) is 12.1 Å². The summed E-state index contributed by atoms with van der Waals surface area (Å²) in [6, 6.07) is 6.32. The Morgan fingerprint density at radius 3 is 2.33 bits per heavy atom. The number of rotatable bonds is 7. The number of nitrogens with one attached hydrogen (secondary N) is 3. The largest absolute Gasteiger partial charge is 0.390 e. The molecule has 0 aliphatic heterocycles. The molecule has 0 saturated heterocycles. The van der Waals surface area contributed by atoms with E-state index in [4.69, 9.17) is 5.73 Å². The SMILES string of the molecule is NC(=O)C(Cc1ccccc1)NC(=O)C1(O)CC(O)C(O)C(NC(=O)NC2CCCCC2)C1. The number of carbonyl (C=O) groups is 3. The maximum absolute atomic E-state index is 12.9. The molecule has 0 radical (unpaired) electrons. The van der Waals surface area contributed by atoms with Crippen molar-refractivity contribution in [1.82, 2.24) is 16.0 Å². The highest BCUT2D eigenvalue weighted by Crippen LogP contribution is 2.30. The van der Waals surface area contributed by atoms with Crippen molar-refractivity contribution >= 4 is 17.8 Å². The summed E-state index contributed by atoms with van der Waals surface area (Å²) in [7, 11) is 0. The van der Waals surface area contributed by atoms with Gasteiger partial charge in [0.15, 0.2) is 0 Å². The summed E-state index contributed by atoms with van der Waals surface area (Å²) in [6.45, 7) is 0. The molecule has 0 aromatic heterocycles. The first kappa shape index (κ1) is 24.9. The van der Waals surface area contributed by atoms with Gasteiger partial charge >= 0.3 is 6.03 Å². The summed E-state index contributed by atoms with van der Waals surface area (Å²) in [6.07, 6.45) is 1.48. The molecule has 2 aliphatic carbocycles. The Kier molecular flexibility index (Phi) is 8.28. The molecule has 0 heterocycles. The van der Waals surface area contributed by atoms with Crippen molar-refractivity contribution < 1.29 is 29.7 Å². The third kappa shape index (κ3) is 6.66. The van der Waals surface area contributed by atoms with Gasteiger partial charge in [-0.1, -0.05) is 49.6 Å². The number of nitrogens with two attached hydrogens (primary N) is 1. The molecule has 2 saturated carbocycles. The van der Waals surface area contributed by atoms with Gasteiger partial charge in [-0.25, -0.2) is 4.79 Å². The van der Waals surface area contributed by atoms with E-state index in [0.717, 1.165) is 37.7 Å². The summed E-state index contributed by atoms with van der Waals surface area (Å²) < 4.78 is 0. The summed E-state index contributed by atoms with van der Waals surface area (Å²) in [5.41, 5.74) is 4.11. The third-order valence-electron chi connectivity index (χ3n) is 6.52. The Hall–Kier alpha value is -2.69. The lowest BCUT2D eigenvalue weighted by Gasteiger charge is -2.42. The normalized spacial score (nSPS) is 29.0. The number of amides is 4. The highest BCUT2D eigenvalue weighted by atomic mass is 16.3. The van der Waals surface area contributed by atoms with Crippen LogP contribution in [-0.4, -0.2) is 69.1 Å². The van der Waals surface area contributed by atoms with Gasteiger partial charge in [0, 0.05) is 25.3 Å². The zero-order chi connectivity index (χ0) is 24.0. The first-order valence-electron chi connectivity index (χ1n) is 11.5. The molecule has 33 heavy (non-hydrogen) atoms. The fourth-order valence-corrected chi connectivity index (χ4v) is 4.63. The zero-order valence-electron chi connectivity index (χ0n) is 18.6. The molecule has 10 nitrogen and oxygen atoms in total. The van der Waals surface area contributed by atoms with E-state index in [1.165, 1.54) is 0 Å². The van der Waals surface area contributed by atoms with Crippen molar-refractivity contribution in [3.8, 4) is 0 Å². The van der Waals surface area contributed by atoms with Crippen LogP contribution >= 0.6 is 0 Å². The van der Waals surface area contributed by atoms with Crippen molar-refractivity contribution in [2.75, 3.05) is 0 Å². The Balaban J connectivity index is 1.64. The molecule has 5 atom stereocenters. The maximum atomic E-state index is 12.9. The average Bonchev–Trinajstić information content (AvgIpc) is 2.78. The maximum Gasteiger partial charge on any atom is 0.315 e. The van der Waals surface area contributed by atoms with Gasteiger partial charge in [0.2, 0.25) is 5.91 Å². The first-order valence-corrected chi connectivity index (χ1v) is 11.5. The molecule has 2 fully saturated rings. The minimum atomic E-state index is -2.11. The highest BCUT2D eigenvalue weighted by Gasteiger charge is 2.49. The van der Waals surface area contributed by atoms with Gasteiger partial charge in [-0.15, -0.1) is 0 Å². The van der Waals surface area contributed by atoms with Crippen LogP contribution in [0, 0.1) is 0 Å². The third-order valence-corrected chi connectivity index (χ3v) is 6.52. The van der Waals surface area contributed by atoms with Crippen LogP contribution in [0.25, 0.3) is 0 Å². The number of hydrogen-bond donors (Lipinski definition) is 7. The second-order valence-electron chi connectivity index (χ2n) is 9.18.